The Labute approximate surface area is 126 Å². The molecule has 0 atom stereocenters. The van der Waals surface area contributed by atoms with E-state index in [4.69, 9.17) is 11.5 Å². The van der Waals surface area contributed by atoms with Gasteiger partial charge in [0, 0.05) is 12.6 Å². The number of nitrogens with zero attached hydrogens (tertiary/aromatic N) is 1. The van der Waals surface area contributed by atoms with Gasteiger partial charge >= 0.3 is 0 Å². The van der Waals surface area contributed by atoms with E-state index >= 15 is 0 Å². The molecule has 0 saturated heterocycles. The first kappa shape index (κ1) is 17.3. The van der Waals surface area contributed by atoms with E-state index in [-0.39, 0.29) is 5.75 Å². The Morgan fingerprint density at radius 1 is 1.24 bits per heavy atom. The fourth-order valence-corrected chi connectivity index (χ4v) is 3.58. The van der Waals surface area contributed by atoms with Crippen molar-refractivity contribution in [2.75, 3.05) is 22.8 Å². The zero-order chi connectivity index (χ0) is 16.2. The topological polar surface area (TPSA) is 106 Å². The summed E-state index contributed by atoms with van der Waals surface area (Å²) >= 11 is 0. The Bertz CT molecular complexity index is 627. The highest BCUT2D eigenvalue weighted by Gasteiger charge is 2.24. The van der Waals surface area contributed by atoms with E-state index in [0.29, 0.717) is 35.3 Å². The summed E-state index contributed by atoms with van der Waals surface area (Å²) in [6.07, 6.45) is 1.79. The van der Waals surface area contributed by atoms with Crippen LogP contribution in [0, 0.1) is 0 Å². The summed E-state index contributed by atoms with van der Waals surface area (Å²) in [5, 5.41) is 0. The average molecular weight is 313 g/mol. The number of anilines is 2. The second-order valence-corrected chi connectivity index (χ2v) is 7.05. The van der Waals surface area contributed by atoms with Gasteiger partial charge in [0.05, 0.1) is 17.1 Å². The summed E-state index contributed by atoms with van der Waals surface area (Å²) in [5.41, 5.74) is 12.9. The predicted molar refractivity (Wildman–Crippen MR) is 85.8 cm³/mol. The number of sulfonamides is 1. The number of primary amides is 1. The Hall–Kier alpha value is -1.76. The molecule has 0 aliphatic carbocycles. The van der Waals surface area contributed by atoms with E-state index in [1.54, 1.807) is 13.0 Å². The summed E-state index contributed by atoms with van der Waals surface area (Å²) < 4.78 is 25.7. The number of hydrogen-bond acceptors (Lipinski definition) is 4. The SMILES string of the molecule is CCCc1c(C(N)=O)ccc(N)c1N(C)S(=O)(=O)CCC. The van der Waals surface area contributed by atoms with E-state index in [0.717, 1.165) is 6.42 Å². The lowest BCUT2D eigenvalue weighted by Gasteiger charge is -2.25. The Morgan fingerprint density at radius 3 is 2.33 bits per heavy atom. The van der Waals surface area contributed by atoms with Crippen LogP contribution in [0.5, 0.6) is 0 Å². The van der Waals surface area contributed by atoms with Crippen molar-refractivity contribution >= 4 is 27.3 Å². The molecule has 0 aliphatic rings. The monoisotopic (exact) mass is 313 g/mol. The van der Waals surface area contributed by atoms with Crippen LogP contribution in [-0.4, -0.2) is 27.1 Å². The van der Waals surface area contributed by atoms with Crippen LogP contribution in [-0.2, 0) is 16.4 Å². The van der Waals surface area contributed by atoms with E-state index in [1.165, 1.54) is 17.4 Å². The third-order valence-corrected chi connectivity index (χ3v) is 5.21. The molecule has 0 unspecified atom stereocenters. The molecule has 0 aromatic heterocycles. The first-order valence-electron chi connectivity index (χ1n) is 6.94. The molecular formula is C14H23N3O3S. The normalized spacial score (nSPS) is 11.4. The van der Waals surface area contributed by atoms with Crippen molar-refractivity contribution in [2.24, 2.45) is 5.73 Å². The van der Waals surface area contributed by atoms with Crippen LogP contribution in [0.2, 0.25) is 0 Å². The predicted octanol–water partition coefficient (Wildman–Crippen LogP) is 1.50. The summed E-state index contributed by atoms with van der Waals surface area (Å²) in [6, 6.07) is 3.07. The molecule has 0 bridgehead atoms. The van der Waals surface area contributed by atoms with Gasteiger partial charge < -0.3 is 11.5 Å². The Kier molecular flexibility index (Phi) is 5.60. The minimum Gasteiger partial charge on any atom is -0.397 e. The van der Waals surface area contributed by atoms with Crippen molar-refractivity contribution < 1.29 is 13.2 Å². The van der Waals surface area contributed by atoms with Gasteiger partial charge in [-0.05, 0) is 30.5 Å². The highest BCUT2D eigenvalue weighted by atomic mass is 32.2. The molecule has 0 fully saturated rings. The molecule has 0 heterocycles. The summed E-state index contributed by atoms with van der Waals surface area (Å²) in [5.74, 6) is -0.559. The number of rotatable bonds is 7. The van der Waals surface area contributed by atoms with Gasteiger partial charge in [0.1, 0.15) is 0 Å². The number of hydrogen-bond donors (Lipinski definition) is 2. The first-order chi connectivity index (χ1) is 9.76. The molecule has 1 aromatic carbocycles. The maximum atomic E-state index is 12.3. The molecule has 0 radical (unpaired) electrons. The standard InChI is InChI=1S/C14H23N3O3S/c1-4-6-10-11(14(16)18)7-8-12(15)13(10)17(3)21(19,20)9-5-2/h7-8H,4-6,9,15H2,1-3H3,(H2,16,18). The van der Waals surface area contributed by atoms with Gasteiger partial charge in [-0.1, -0.05) is 20.3 Å². The van der Waals surface area contributed by atoms with E-state index in [1.807, 2.05) is 6.92 Å². The lowest BCUT2D eigenvalue weighted by atomic mass is 9.99. The van der Waals surface area contributed by atoms with Crippen molar-refractivity contribution in [3.8, 4) is 0 Å². The van der Waals surface area contributed by atoms with Gasteiger partial charge in [0.25, 0.3) is 0 Å². The number of benzene rings is 1. The van der Waals surface area contributed by atoms with Crippen molar-refractivity contribution in [3.63, 3.8) is 0 Å². The third kappa shape index (κ3) is 3.66. The van der Waals surface area contributed by atoms with Gasteiger partial charge in [-0.25, -0.2) is 8.42 Å². The van der Waals surface area contributed by atoms with E-state index in [9.17, 15) is 13.2 Å². The number of amides is 1. The van der Waals surface area contributed by atoms with Crippen molar-refractivity contribution in [1.82, 2.24) is 0 Å². The number of carbonyl (C=O) groups is 1. The lowest BCUT2D eigenvalue weighted by molar-refractivity contribution is 0.0999. The molecule has 0 aliphatic heterocycles. The number of nitrogens with two attached hydrogens (primary N) is 2. The molecule has 6 nitrogen and oxygen atoms in total. The average Bonchev–Trinajstić information content (AvgIpc) is 2.38. The number of nitrogen functional groups attached to an aromatic ring is 1. The molecule has 0 saturated carbocycles. The maximum Gasteiger partial charge on any atom is 0.249 e. The van der Waals surface area contributed by atoms with Gasteiger partial charge in [-0.15, -0.1) is 0 Å². The smallest absolute Gasteiger partial charge is 0.249 e. The molecule has 1 rings (SSSR count). The number of carbonyl (C=O) groups excluding carboxylic acids is 1. The first-order valence-corrected chi connectivity index (χ1v) is 8.54. The second-order valence-electron chi connectivity index (χ2n) is 4.93. The highest BCUT2D eigenvalue weighted by molar-refractivity contribution is 7.92. The Balaban J connectivity index is 3.53. The molecular weight excluding hydrogens is 290 g/mol. The second kappa shape index (κ2) is 6.80. The van der Waals surface area contributed by atoms with Crippen molar-refractivity contribution in [2.45, 2.75) is 33.1 Å². The minimum atomic E-state index is -3.47. The van der Waals surface area contributed by atoms with Crippen LogP contribution in [0.25, 0.3) is 0 Å². The van der Waals surface area contributed by atoms with Gasteiger partial charge in [0.15, 0.2) is 0 Å². The van der Waals surface area contributed by atoms with Crippen LogP contribution in [0.3, 0.4) is 0 Å². The fraction of sp³-hybridized carbons (Fsp3) is 0.500. The largest absolute Gasteiger partial charge is 0.397 e. The van der Waals surface area contributed by atoms with Gasteiger partial charge in [0.2, 0.25) is 15.9 Å². The molecule has 4 N–H and O–H groups in total. The van der Waals surface area contributed by atoms with Crippen LogP contribution in [0.4, 0.5) is 11.4 Å². The zero-order valence-electron chi connectivity index (χ0n) is 12.7. The van der Waals surface area contributed by atoms with E-state index in [2.05, 4.69) is 0 Å². The fourth-order valence-electron chi connectivity index (χ4n) is 2.29. The summed E-state index contributed by atoms with van der Waals surface area (Å²) in [6.45, 7) is 3.74. The maximum absolute atomic E-state index is 12.3. The minimum absolute atomic E-state index is 0.0231. The third-order valence-electron chi connectivity index (χ3n) is 3.27. The van der Waals surface area contributed by atoms with Crippen LogP contribution in [0.1, 0.15) is 42.6 Å². The zero-order valence-corrected chi connectivity index (χ0v) is 13.5. The highest BCUT2D eigenvalue weighted by Crippen LogP contribution is 2.33. The molecule has 118 valence electrons. The Morgan fingerprint density at radius 2 is 1.86 bits per heavy atom. The van der Waals surface area contributed by atoms with Crippen LogP contribution < -0.4 is 15.8 Å². The van der Waals surface area contributed by atoms with Gasteiger partial charge in [-0.2, -0.15) is 0 Å². The molecule has 1 aromatic rings. The van der Waals surface area contributed by atoms with E-state index < -0.39 is 15.9 Å². The van der Waals surface area contributed by atoms with Crippen molar-refractivity contribution in [1.29, 1.82) is 0 Å². The summed E-state index contributed by atoms with van der Waals surface area (Å²) in [7, 11) is -2.01. The summed E-state index contributed by atoms with van der Waals surface area (Å²) in [4.78, 5) is 11.6. The van der Waals surface area contributed by atoms with Crippen LogP contribution >= 0.6 is 0 Å². The molecule has 0 spiro atoms. The van der Waals surface area contributed by atoms with Crippen molar-refractivity contribution in [3.05, 3.63) is 23.3 Å². The molecule has 7 heteroatoms. The molecule has 1 amide bonds. The molecule has 21 heavy (non-hydrogen) atoms. The lowest BCUT2D eigenvalue weighted by Crippen LogP contribution is -2.31. The quantitative estimate of drug-likeness (QED) is 0.744. The van der Waals surface area contributed by atoms with Gasteiger partial charge in [-0.3, -0.25) is 9.10 Å². The van der Waals surface area contributed by atoms with Crippen LogP contribution in [0.15, 0.2) is 12.1 Å².